The molecule has 0 spiro atoms. The SMILES string of the molecule is CC(=O)c1ccc(NC(=O)c2cc(C(=O)NCc3ccccc3)ccn2)cc1. The number of hydrogen-bond acceptors (Lipinski definition) is 4. The van der Waals surface area contributed by atoms with E-state index in [4.69, 9.17) is 0 Å². The minimum absolute atomic E-state index is 0.0474. The number of carbonyl (C=O) groups excluding carboxylic acids is 3. The molecule has 28 heavy (non-hydrogen) atoms. The zero-order valence-corrected chi connectivity index (χ0v) is 15.3. The first-order valence-electron chi connectivity index (χ1n) is 8.73. The van der Waals surface area contributed by atoms with Crippen LogP contribution in [0.15, 0.2) is 72.9 Å². The molecule has 0 aliphatic carbocycles. The van der Waals surface area contributed by atoms with Crippen LogP contribution in [0.2, 0.25) is 0 Å². The summed E-state index contributed by atoms with van der Waals surface area (Å²) in [5, 5.41) is 5.52. The molecule has 3 aromatic rings. The highest BCUT2D eigenvalue weighted by molar-refractivity contribution is 6.05. The number of Topliss-reactive ketones (excluding diaryl/α,β-unsaturated/α-hetero) is 1. The Balaban J connectivity index is 1.65. The van der Waals surface area contributed by atoms with Crippen LogP contribution in [-0.2, 0) is 6.54 Å². The number of carbonyl (C=O) groups is 3. The van der Waals surface area contributed by atoms with Crippen LogP contribution >= 0.6 is 0 Å². The zero-order valence-electron chi connectivity index (χ0n) is 15.3. The van der Waals surface area contributed by atoms with Gasteiger partial charge in [-0.2, -0.15) is 0 Å². The number of benzene rings is 2. The second kappa shape index (κ2) is 8.73. The predicted octanol–water partition coefficient (Wildman–Crippen LogP) is 3.47. The summed E-state index contributed by atoms with van der Waals surface area (Å²) in [4.78, 5) is 40.1. The second-order valence-electron chi connectivity index (χ2n) is 6.19. The molecule has 2 amide bonds. The number of anilines is 1. The van der Waals surface area contributed by atoms with Gasteiger partial charge in [0.2, 0.25) is 0 Å². The van der Waals surface area contributed by atoms with Gasteiger partial charge in [0.05, 0.1) is 0 Å². The third kappa shape index (κ3) is 4.88. The monoisotopic (exact) mass is 373 g/mol. The van der Waals surface area contributed by atoms with E-state index in [0.29, 0.717) is 23.4 Å². The van der Waals surface area contributed by atoms with Crippen LogP contribution in [0, 0.1) is 0 Å². The van der Waals surface area contributed by atoms with Crippen LogP contribution < -0.4 is 10.6 Å². The summed E-state index contributed by atoms with van der Waals surface area (Å²) in [6.45, 7) is 1.87. The van der Waals surface area contributed by atoms with Crippen molar-refractivity contribution in [3.8, 4) is 0 Å². The minimum Gasteiger partial charge on any atom is -0.348 e. The van der Waals surface area contributed by atoms with Crippen molar-refractivity contribution in [2.75, 3.05) is 5.32 Å². The van der Waals surface area contributed by atoms with Crippen LogP contribution in [0.5, 0.6) is 0 Å². The second-order valence-corrected chi connectivity index (χ2v) is 6.19. The molecule has 140 valence electrons. The van der Waals surface area contributed by atoms with E-state index in [1.165, 1.54) is 19.2 Å². The maximum atomic E-state index is 12.4. The Morgan fingerprint density at radius 1 is 0.857 bits per heavy atom. The molecule has 0 aliphatic heterocycles. The quantitative estimate of drug-likeness (QED) is 0.648. The highest BCUT2D eigenvalue weighted by Gasteiger charge is 2.12. The summed E-state index contributed by atoms with van der Waals surface area (Å²) in [5.74, 6) is -0.770. The van der Waals surface area contributed by atoms with Crippen molar-refractivity contribution in [2.45, 2.75) is 13.5 Å². The number of rotatable bonds is 6. The average Bonchev–Trinajstić information content (AvgIpc) is 2.73. The summed E-state index contributed by atoms with van der Waals surface area (Å²) in [7, 11) is 0. The predicted molar refractivity (Wildman–Crippen MR) is 106 cm³/mol. The molecule has 0 fully saturated rings. The van der Waals surface area contributed by atoms with Gasteiger partial charge >= 0.3 is 0 Å². The van der Waals surface area contributed by atoms with E-state index in [0.717, 1.165) is 5.56 Å². The van der Waals surface area contributed by atoms with Gasteiger partial charge < -0.3 is 10.6 Å². The molecule has 0 saturated heterocycles. The molecule has 0 bridgehead atoms. The van der Waals surface area contributed by atoms with Gasteiger partial charge in [0.1, 0.15) is 5.69 Å². The number of nitrogens with zero attached hydrogens (tertiary/aromatic N) is 1. The molecule has 3 rings (SSSR count). The lowest BCUT2D eigenvalue weighted by Crippen LogP contribution is -2.23. The van der Waals surface area contributed by atoms with Crippen molar-refractivity contribution in [3.05, 3.63) is 95.3 Å². The Bertz CT molecular complexity index is 999. The Morgan fingerprint density at radius 2 is 1.57 bits per heavy atom. The lowest BCUT2D eigenvalue weighted by Gasteiger charge is -2.08. The van der Waals surface area contributed by atoms with Crippen molar-refractivity contribution < 1.29 is 14.4 Å². The third-order valence-electron chi connectivity index (χ3n) is 4.10. The Labute approximate surface area is 162 Å². The standard InChI is InChI=1S/C22H19N3O3/c1-15(26)17-7-9-19(10-8-17)25-22(28)20-13-18(11-12-23-20)21(27)24-14-16-5-3-2-4-6-16/h2-13H,14H2,1H3,(H,24,27)(H,25,28). The lowest BCUT2D eigenvalue weighted by atomic mass is 10.1. The summed E-state index contributed by atoms with van der Waals surface area (Å²) in [6, 6.07) is 19.1. The number of nitrogens with one attached hydrogen (secondary N) is 2. The molecule has 2 N–H and O–H groups in total. The van der Waals surface area contributed by atoms with Crippen LogP contribution in [-0.4, -0.2) is 22.6 Å². The van der Waals surface area contributed by atoms with E-state index in [2.05, 4.69) is 15.6 Å². The van der Waals surface area contributed by atoms with Crippen molar-refractivity contribution in [1.82, 2.24) is 10.3 Å². The summed E-state index contributed by atoms with van der Waals surface area (Å²) < 4.78 is 0. The van der Waals surface area contributed by atoms with E-state index in [-0.39, 0.29) is 17.4 Å². The van der Waals surface area contributed by atoms with Crippen molar-refractivity contribution in [3.63, 3.8) is 0 Å². The Hall–Kier alpha value is -3.80. The summed E-state index contributed by atoms with van der Waals surface area (Å²) in [5.41, 5.74) is 2.56. The molecule has 1 heterocycles. The van der Waals surface area contributed by atoms with Gasteiger partial charge in [0, 0.05) is 29.6 Å². The highest BCUT2D eigenvalue weighted by atomic mass is 16.2. The topological polar surface area (TPSA) is 88.2 Å². The Kier molecular flexibility index (Phi) is 5.91. The number of aromatic nitrogens is 1. The fourth-order valence-electron chi connectivity index (χ4n) is 2.56. The van der Waals surface area contributed by atoms with Crippen LogP contribution in [0.1, 0.15) is 43.7 Å². The first-order chi connectivity index (χ1) is 13.5. The van der Waals surface area contributed by atoms with Crippen molar-refractivity contribution >= 4 is 23.3 Å². The van der Waals surface area contributed by atoms with Crippen LogP contribution in [0.3, 0.4) is 0 Å². The molecular weight excluding hydrogens is 354 g/mol. The molecule has 0 saturated carbocycles. The normalized spacial score (nSPS) is 10.2. The van der Waals surface area contributed by atoms with E-state index in [1.54, 1.807) is 30.3 Å². The summed E-state index contributed by atoms with van der Waals surface area (Å²) in [6.07, 6.45) is 1.42. The molecule has 6 heteroatoms. The van der Waals surface area contributed by atoms with Gasteiger partial charge in [0.15, 0.2) is 5.78 Å². The third-order valence-corrected chi connectivity index (χ3v) is 4.10. The highest BCUT2D eigenvalue weighted by Crippen LogP contribution is 2.12. The van der Waals surface area contributed by atoms with E-state index in [1.807, 2.05) is 30.3 Å². The van der Waals surface area contributed by atoms with E-state index < -0.39 is 5.91 Å². The molecule has 2 aromatic carbocycles. The first-order valence-corrected chi connectivity index (χ1v) is 8.73. The van der Waals surface area contributed by atoms with Crippen LogP contribution in [0.25, 0.3) is 0 Å². The lowest BCUT2D eigenvalue weighted by molar-refractivity contribution is 0.0949. The average molecular weight is 373 g/mol. The van der Waals surface area contributed by atoms with Gasteiger partial charge in [-0.25, -0.2) is 0 Å². The van der Waals surface area contributed by atoms with Crippen molar-refractivity contribution in [2.24, 2.45) is 0 Å². The van der Waals surface area contributed by atoms with E-state index in [9.17, 15) is 14.4 Å². The number of hydrogen-bond donors (Lipinski definition) is 2. The maximum absolute atomic E-state index is 12.4. The molecule has 0 atom stereocenters. The van der Waals surface area contributed by atoms with E-state index >= 15 is 0 Å². The molecule has 0 unspecified atom stereocenters. The maximum Gasteiger partial charge on any atom is 0.274 e. The summed E-state index contributed by atoms with van der Waals surface area (Å²) >= 11 is 0. The number of ketones is 1. The fourth-order valence-corrected chi connectivity index (χ4v) is 2.56. The minimum atomic E-state index is -0.437. The van der Waals surface area contributed by atoms with Gasteiger partial charge in [-0.05, 0) is 48.9 Å². The van der Waals surface area contributed by atoms with Crippen LogP contribution in [0.4, 0.5) is 5.69 Å². The number of pyridine rings is 1. The number of amides is 2. The zero-order chi connectivity index (χ0) is 19.9. The molecule has 0 radical (unpaired) electrons. The fraction of sp³-hybridized carbons (Fsp3) is 0.0909. The molecule has 1 aromatic heterocycles. The first kappa shape index (κ1) is 19.0. The molecule has 6 nitrogen and oxygen atoms in total. The smallest absolute Gasteiger partial charge is 0.274 e. The van der Waals surface area contributed by atoms with Gasteiger partial charge in [0.25, 0.3) is 11.8 Å². The van der Waals surface area contributed by atoms with Gasteiger partial charge in [-0.1, -0.05) is 30.3 Å². The molecular formula is C22H19N3O3. The Morgan fingerprint density at radius 3 is 2.25 bits per heavy atom. The van der Waals surface area contributed by atoms with Gasteiger partial charge in [-0.3, -0.25) is 19.4 Å². The molecule has 0 aliphatic rings. The largest absolute Gasteiger partial charge is 0.348 e. The van der Waals surface area contributed by atoms with Crippen molar-refractivity contribution in [1.29, 1.82) is 0 Å². The van der Waals surface area contributed by atoms with Gasteiger partial charge in [-0.15, -0.1) is 0 Å².